The van der Waals surface area contributed by atoms with Gasteiger partial charge in [0.1, 0.15) is 0 Å². The summed E-state index contributed by atoms with van der Waals surface area (Å²) < 4.78 is 41.4. The molecule has 2 aromatic carbocycles. The first-order chi connectivity index (χ1) is 13.1. The predicted molar refractivity (Wildman–Crippen MR) is 96.5 cm³/mol. The number of nitrogens with one attached hydrogen (secondary N) is 2. The maximum Gasteiger partial charge on any atom is 0.471 e. The molecular formula is C17H11Cl2F3N2O4. The highest BCUT2D eigenvalue weighted by Gasteiger charge is 2.38. The zero-order valence-electron chi connectivity index (χ0n) is 13.8. The second kappa shape index (κ2) is 8.94. The molecule has 0 heterocycles. The fourth-order valence-electron chi connectivity index (χ4n) is 1.89. The Morgan fingerprint density at radius 3 is 2.21 bits per heavy atom. The predicted octanol–water partition coefficient (Wildman–Crippen LogP) is 4.29. The van der Waals surface area contributed by atoms with Crippen molar-refractivity contribution in [2.45, 2.75) is 6.18 Å². The van der Waals surface area contributed by atoms with E-state index in [4.69, 9.17) is 27.9 Å². The summed E-state index contributed by atoms with van der Waals surface area (Å²) in [5, 5.41) is 4.40. The van der Waals surface area contributed by atoms with E-state index in [2.05, 4.69) is 5.32 Å². The van der Waals surface area contributed by atoms with Crippen LogP contribution >= 0.6 is 23.2 Å². The summed E-state index contributed by atoms with van der Waals surface area (Å²) in [6, 6.07) is 9.05. The van der Waals surface area contributed by atoms with E-state index in [1.165, 1.54) is 12.1 Å². The summed E-state index contributed by atoms with van der Waals surface area (Å²) in [4.78, 5) is 34.6. The number of carbonyl (C=O) groups is 3. The normalized spacial score (nSPS) is 10.9. The summed E-state index contributed by atoms with van der Waals surface area (Å²) in [6.07, 6.45) is -5.03. The summed E-state index contributed by atoms with van der Waals surface area (Å²) in [5.74, 6) is -3.70. The van der Waals surface area contributed by atoms with Crippen molar-refractivity contribution in [1.82, 2.24) is 0 Å². The van der Waals surface area contributed by atoms with E-state index in [1.54, 1.807) is 11.4 Å². The quantitative estimate of drug-likeness (QED) is 0.687. The first-order valence-electron chi connectivity index (χ1n) is 7.47. The molecule has 28 heavy (non-hydrogen) atoms. The molecule has 0 aromatic heterocycles. The van der Waals surface area contributed by atoms with Crippen molar-refractivity contribution < 1.29 is 32.3 Å². The lowest BCUT2D eigenvalue weighted by molar-refractivity contribution is -0.167. The molecule has 0 bridgehead atoms. The average Bonchev–Trinajstić information content (AvgIpc) is 2.63. The van der Waals surface area contributed by atoms with Crippen molar-refractivity contribution in [3.05, 3.63) is 58.1 Å². The van der Waals surface area contributed by atoms with Crippen molar-refractivity contribution in [1.29, 1.82) is 0 Å². The first kappa shape index (κ1) is 21.5. The van der Waals surface area contributed by atoms with E-state index in [9.17, 15) is 27.6 Å². The van der Waals surface area contributed by atoms with Crippen molar-refractivity contribution >= 4 is 52.4 Å². The van der Waals surface area contributed by atoms with Crippen LogP contribution in [0, 0.1) is 0 Å². The number of rotatable bonds is 5. The minimum absolute atomic E-state index is 0.0291. The minimum Gasteiger partial charge on any atom is -0.452 e. The first-order valence-corrected chi connectivity index (χ1v) is 8.22. The summed E-state index contributed by atoms with van der Waals surface area (Å²) in [5.41, 5.74) is 0.0470. The van der Waals surface area contributed by atoms with Gasteiger partial charge in [-0.15, -0.1) is 0 Å². The molecule has 0 atom stereocenters. The fraction of sp³-hybridized carbons (Fsp3) is 0.118. The molecule has 2 rings (SSSR count). The van der Waals surface area contributed by atoms with E-state index in [0.717, 1.165) is 24.3 Å². The largest absolute Gasteiger partial charge is 0.471 e. The maximum absolute atomic E-state index is 12.2. The Kier molecular flexibility index (Phi) is 6.87. The van der Waals surface area contributed by atoms with Crippen LogP contribution < -0.4 is 10.6 Å². The van der Waals surface area contributed by atoms with Gasteiger partial charge in [-0.3, -0.25) is 9.59 Å². The monoisotopic (exact) mass is 434 g/mol. The molecule has 6 nitrogen and oxygen atoms in total. The number of halogens is 5. The van der Waals surface area contributed by atoms with Gasteiger partial charge in [-0.1, -0.05) is 29.3 Å². The zero-order valence-corrected chi connectivity index (χ0v) is 15.3. The molecule has 0 aliphatic rings. The van der Waals surface area contributed by atoms with Crippen LogP contribution in [0.4, 0.5) is 24.5 Å². The highest BCUT2D eigenvalue weighted by molar-refractivity contribution is 6.44. The molecule has 0 unspecified atom stereocenters. The summed E-state index contributed by atoms with van der Waals surface area (Å²) in [6.45, 7) is -0.631. The second-order valence-corrected chi connectivity index (χ2v) is 6.04. The topological polar surface area (TPSA) is 84.5 Å². The Labute approximate surface area is 166 Å². The smallest absolute Gasteiger partial charge is 0.452 e. The lowest BCUT2D eigenvalue weighted by atomic mass is 10.2. The Bertz CT molecular complexity index is 902. The fourth-order valence-corrected chi connectivity index (χ4v) is 2.24. The van der Waals surface area contributed by atoms with Gasteiger partial charge in [0.15, 0.2) is 6.61 Å². The van der Waals surface area contributed by atoms with Gasteiger partial charge < -0.3 is 15.4 Å². The molecule has 148 valence electrons. The van der Waals surface area contributed by atoms with Crippen LogP contribution in [0.1, 0.15) is 10.4 Å². The van der Waals surface area contributed by atoms with E-state index in [-0.39, 0.29) is 27.0 Å². The maximum atomic E-state index is 12.2. The van der Waals surface area contributed by atoms with Crippen LogP contribution in [0.3, 0.4) is 0 Å². The van der Waals surface area contributed by atoms with Gasteiger partial charge in [-0.25, -0.2) is 4.79 Å². The van der Waals surface area contributed by atoms with Crippen LogP contribution in [-0.2, 0) is 14.3 Å². The molecule has 2 N–H and O–H groups in total. The number of benzene rings is 2. The van der Waals surface area contributed by atoms with Gasteiger partial charge in [0.25, 0.3) is 5.91 Å². The highest BCUT2D eigenvalue weighted by Crippen LogP contribution is 2.29. The SMILES string of the molecule is O=C(COC(=O)c1ccc(NC(=O)C(F)(F)F)cc1)Nc1cccc(Cl)c1Cl. The summed E-state index contributed by atoms with van der Waals surface area (Å²) >= 11 is 11.7. The highest BCUT2D eigenvalue weighted by atomic mass is 35.5. The molecule has 0 spiro atoms. The number of amides is 2. The van der Waals surface area contributed by atoms with E-state index >= 15 is 0 Å². The molecule has 0 aliphatic carbocycles. The number of hydrogen-bond donors (Lipinski definition) is 2. The van der Waals surface area contributed by atoms with Gasteiger partial charge in [0.05, 0.1) is 21.3 Å². The van der Waals surface area contributed by atoms with Crippen LogP contribution in [0.25, 0.3) is 0 Å². The van der Waals surface area contributed by atoms with Gasteiger partial charge >= 0.3 is 18.1 Å². The number of esters is 1. The molecule has 0 saturated heterocycles. The lowest BCUT2D eigenvalue weighted by Gasteiger charge is -2.10. The standard InChI is InChI=1S/C17H11Cl2F3N2O4/c18-11-2-1-3-12(14(11)19)24-13(25)8-28-15(26)9-4-6-10(7-5-9)23-16(27)17(20,21)22/h1-7H,8H2,(H,23,27)(H,24,25). The summed E-state index contributed by atoms with van der Waals surface area (Å²) in [7, 11) is 0. The van der Waals surface area contributed by atoms with Crippen LogP contribution in [0.5, 0.6) is 0 Å². The molecular weight excluding hydrogens is 424 g/mol. The van der Waals surface area contributed by atoms with Gasteiger partial charge in [-0.05, 0) is 36.4 Å². The van der Waals surface area contributed by atoms with Gasteiger partial charge in [0, 0.05) is 5.69 Å². The molecule has 0 aliphatic heterocycles. The lowest BCUT2D eigenvalue weighted by Crippen LogP contribution is -2.29. The minimum atomic E-state index is -5.03. The number of hydrogen-bond acceptors (Lipinski definition) is 4. The third kappa shape index (κ3) is 5.86. The van der Waals surface area contributed by atoms with E-state index < -0.39 is 30.6 Å². The molecule has 0 radical (unpaired) electrons. The van der Waals surface area contributed by atoms with Crippen LogP contribution in [0.2, 0.25) is 10.0 Å². The third-order valence-electron chi connectivity index (χ3n) is 3.20. The average molecular weight is 435 g/mol. The van der Waals surface area contributed by atoms with Crippen LogP contribution in [-0.4, -0.2) is 30.6 Å². The molecule has 0 saturated carbocycles. The Balaban J connectivity index is 1.90. The number of carbonyl (C=O) groups excluding carboxylic acids is 3. The van der Waals surface area contributed by atoms with Crippen molar-refractivity contribution in [2.24, 2.45) is 0 Å². The molecule has 11 heteroatoms. The van der Waals surface area contributed by atoms with E-state index in [1.807, 2.05) is 0 Å². The molecule has 0 fully saturated rings. The molecule has 2 aromatic rings. The Morgan fingerprint density at radius 1 is 0.964 bits per heavy atom. The second-order valence-electron chi connectivity index (χ2n) is 5.25. The van der Waals surface area contributed by atoms with Gasteiger partial charge in [-0.2, -0.15) is 13.2 Å². The number of alkyl halides is 3. The number of ether oxygens (including phenoxy) is 1. The van der Waals surface area contributed by atoms with Crippen molar-refractivity contribution in [3.63, 3.8) is 0 Å². The number of anilines is 2. The Hall–Kier alpha value is -2.78. The van der Waals surface area contributed by atoms with Crippen molar-refractivity contribution in [3.8, 4) is 0 Å². The zero-order chi connectivity index (χ0) is 20.9. The van der Waals surface area contributed by atoms with Crippen LogP contribution in [0.15, 0.2) is 42.5 Å². The molecule has 2 amide bonds. The van der Waals surface area contributed by atoms with Gasteiger partial charge in [0.2, 0.25) is 0 Å². The van der Waals surface area contributed by atoms with E-state index in [0.29, 0.717) is 0 Å². The Morgan fingerprint density at radius 2 is 1.61 bits per heavy atom. The third-order valence-corrected chi connectivity index (χ3v) is 4.01. The van der Waals surface area contributed by atoms with Crippen molar-refractivity contribution in [2.75, 3.05) is 17.2 Å².